The number of esters is 1. The maximum absolute atomic E-state index is 12.2. The van der Waals surface area contributed by atoms with Gasteiger partial charge in [-0.3, -0.25) is 14.2 Å². The van der Waals surface area contributed by atoms with Gasteiger partial charge in [-0.05, 0) is 44.4 Å². The zero-order chi connectivity index (χ0) is 26.5. The van der Waals surface area contributed by atoms with Crippen LogP contribution in [-0.4, -0.2) is 79.6 Å². The van der Waals surface area contributed by atoms with Gasteiger partial charge >= 0.3 is 5.97 Å². The summed E-state index contributed by atoms with van der Waals surface area (Å²) in [5.74, 6) is 5.91. The van der Waals surface area contributed by atoms with Crippen molar-refractivity contribution in [2.45, 2.75) is 63.6 Å². The molecule has 1 aliphatic heterocycles. The molecule has 0 bridgehead atoms. The first-order chi connectivity index (χ1) is 17.8. The van der Waals surface area contributed by atoms with E-state index in [0.29, 0.717) is 25.4 Å². The number of carbonyl (C=O) groups is 2. The summed E-state index contributed by atoms with van der Waals surface area (Å²) < 4.78 is 12.2. The van der Waals surface area contributed by atoms with Crippen LogP contribution in [0.3, 0.4) is 0 Å². The second-order valence-corrected chi connectivity index (χ2v) is 9.26. The van der Waals surface area contributed by atoms with Crippen LogP contribution in [0.15, 0.2) is 6.33 Å². The minimum Gasteiger partial charge on any atom is -0.464 e. The number of imidazole rings is 1. The zero-order valence-corrected chi connectivity index (χ0v) is 20.7. The quantitative estimate of drug-likeness (QED) is 0.229. The van der Waals surface area contributed by atoms with Gasteiger partial charge in [0.05, 0.1) is 12.2 Å². The first-order valence-electron chi connectivity index (χ1n) is 12.5. The van der Waals surface area contributed by atoms with E-state index in [1.807, 2.05) is 0 Å². The van der Waals surface area contributed by atoms with Gasteiger partial charge in [-0.2, -0.15) is 0 Å². The summed E-state index contributed by atoms with van der Waals surface area (Å²) in [6.07, 6.45) is 0.0940. The normalized spacial score (nSPS) is 27.5. The lowest BCUT2D eigenvalue weighted by atomic mass is 9.81. The van der Waals surface area contributed by atoms with Gasteiger partial charge in [0.1, 0.15) is 24.3 Å². The molecule has 37 heavy (non-hydrogen) atoms. The van der Waals surface area contributed by atoms with Gasteiger partial charge < -0.3 is 36.5 Å². The third-order valence-corrected chi connectivity index (χ3v) is 6.70. The Morgan fingerprint density at radius 3 is 2.70 bits per heavy atom. The molecule has 2 aliphatic rings. The standard InChI is InChI=1S/C24H33N7O6/c1-2-27-22(34)19-17(32)18(33)23(37-19)31-12-28-16-20(26)29-15(30-21(16)31)5-3-4-13-6-8-14(9-7-13)24(35)36-11-10-25/h12-14,17-19,23,32-33H,2,4,6-11,25H2,1H3,(H,27,34)(H2,26,29,30)/t13?,14?,17?,18?,19-,23?/m0/s1. The van der Waals surface area contributed by atoms with E-state index < -0.39 is 30.4 Å². The van der Waals surface area contributed by atoms with Crippen molar-refractivity contribution < 1.29 is 29.3 Å². The average molecular weight is 516 g/mol. The number of aromatic nitrogens is 4. The number of fused-ring (bicyclic) bond motifs is 1. The Hall–Kier alpha value is -3.31. The number of nitrogens with zero attached hydrogens (tertiary/aromatic N) is 4. The number of nitrogens with one attached hydrogen (secondary N) is 1. The van der Waals surface area contributed by atoms with Crippen LogP contribution in [0.4, 0.5) is 5.82 Å². The molecule has 2 aromatic heterocycles. The Morgan fingerprint density at radius 2 is 2.00 bits per heavy atom. The molecule has 1 aliphatic carbocycles. The minimum absolute atomic E-state index is 0.0825. The molecule has 0 spiro atoms. The highest BCUT2D eigenvalue weighted by Crippen LogP contribution is 2.33. The number of amides is 1. The van der Waals surface area contributed by atoms with Crippen LogP contribution < -0.4 is 16.8 Å². The highest BCUT2D eigenvalue weighted by atomic mass is 16.6. The fourth-order valence-electron chi connectivity index (χ4n) is 4.72. The molecule has 4 atom stereocenters. The zero-order valence-electron chi connectivity index (χ0n) is 20.7. The van der Waals surface area contributed by atoms with Gasteiger partial charge in [-0.25, -0.2) is 15.0 Å². The Labute approximate surface area is 213 Å². The lowest BCUT2D eigenvalue weighted by Crippen LogP contribution is -2.42. The van der Waals surface area contributed by atoms with Gasteiger partial charge in [0, 0.05) is 19.5 Å². The molecule has 13 nitrogen and oxygen atoms in total. The number of ether oxygens (including phenoxy) is 2. The van der Waals surface area contributed by atoms with Crippen molar-refractivity contribution in [3.8, 4) is 11.8 Å². The monoisotopic (exact) mass is 515 g/mol. The highest BCUT2D eigenvalue weighted by molar-refractivity contribution is 5.83. The summed E-state index contributed by atoms with van der Waals surface area (Å²) in [4.78, 5) is 37.1. The van der Waals surface area contributed by atoms with Crippen molar-refractivity contribution in [3.63, 3.8) is 0 Å². The van der Waals surface area contributed by atoms with E-state index in [9.17, 15) is 19.8 Å². The van der Waals surface area contributed by atoms with Gasteiger partial charge in [0.15, 0.2) is 23.8 Å². The largest absolute Gasteiger partial charge is 0.464 e. The number of anilines is 1. The Bertz CT molecular complexity index is 1180. The first-order valence-corrected chi connectivity index (χ1v) is 12.5. The third kappa shape index (κ3) is 5.83. The Balaban J connectivity index is 1.44. The molecule has 0 radical (unpaired) electrons. The van der Waals surface area contributed by atoms with Gasteiger partial charge in [0.25, 0.3) is 5.91 Å². The van der Waals surface area contributed by atoms with Gasteiger partial charge in [-0.1, -0.05) is 5.92 Å². The number of nitrogen functional groups attached to an aromatic ring is 1. The molecule has 1 saturated carbocycles. The van der Waals surface area contributed by atoms with Crippen molar-refractivity contribution >= 4 is 28.9 Å². The van der Waals surface area contributed by atoms with E-state index in [4.69, 9.17) is 20.9 Å². The van der Waals surface area contributed by atoms with Crippen LogP contribution in [0.5, 0.6) is 0 Å². The van der Waals surface area contributed by atoms with Crippen LogP contribution in [0.2, 0.25) is 0 Å². The molecular weight excluding hydrogens is 482 g/mol. The SMILES string of the molecule is CCNC(=O)[C@H]1OC(n2cnc3c(N)nc(C#CCC4CCC(C(=O)OCCN)CC4)nc32)C(O)C1O. The first kappa shape index (κ1) is 26.7. The Morgan fingerprint density at radius 1 is 1.24 bits per heavy atom. The van der Waals surface area contributed by atoms with E-state index in [0.717, 1.165) is 25.7 Å². The molecule has 3 heterocycles. The molecule has 3 unspecified atom stereocenters. The second-order valence-electron chi connectivity index (χ2n) is 9.26. The number of hydrogen-bond acceptors (Lipinski definition) is 11. The summed E-state index contributed by atoms with van der Waals surface area (Å²) in [5.41, 5.74) is 12.0. The second kappa shape index (κ2) is 11.8. The predicted molar refractivity (Wildman–Crippen MR) is 131 cm³/mol. The van der Waals surface area contributed by atoms with Crippen molar-refractivity contribution in [2.24, 2.45) is 17.6 Å². The Kier molecular flexibility index (Phi) is 8.55. The van der Waals surface area contributed by atoms with Crippen LogP contribution in [0, 0.1) is 23.7 Å². The van der Waals surface area contributed by atoms with Gasteiger partial charge in [-0.15, -0.1) is 0 Å². The lowest BCUT2D eigenvalue weighted by Gasteiger charge is -2.25. The van der Waals surface area contributed by atoms with Crippen molar-refractivity contribution in [1.82, 2.24) is 24.8 Å². The molecule has 1 saturated heterocycles. The average Bonchev–Trinajstić information content (AvgIpc) is 3.44. The maximum Gasteiger partial charge on any atom is 0.308 e. The van der Waals surface area contributed by atoms with Crippen LogP contribution in [0.1, 0.15) is 51.1 Å². The minimum atomic E-state index is -1.43. The number of aliphatic hydroxyl groups excluding tert-OH is 2. The molecule has 13 heteroatoms. The molecule has 1 amide bonds. The van der Waals surface area contributed by atoms with E-state index in [-0.39, 0.29) is 41.3 Å². The lowest BCUT2D eigenvalue weighted by molar-refractivity contribution is -0.149. The van der Waals surface area contributed by atoms with E-state index in [1.54, 1.807) is 6.92 Å². The number of rotatable bonds is 7. The van der Waals surface area contributed by atoms with Crippen molar-refractivity contribution in [2.75, 3.05) is 25.4 Å². The number of hydrogen-bond donors (Lipinski definition) is 5. The summed E-state index contributed by atoms with van der Waals surface area (Å²) in [6.45, 7) is 2.67. The molecule has 200 valence electrons. The van der Waals surface area contributed by atoms with Crippen molar-refractivity contribution in [3.05, 3.63) is 12.2 Å². The summed E-state index contributed by atoms with van der Waals surface area (Å²) in [5, 5.41) is 23.5. The summed E-state index contributed by atoms with van der Waals surface area (Å²) in [7, 11) is 0. The number of carbonyl (C=O) groups excluding carboxylic acids is 2. The number of aliphatic hydroxyl groups is 2. The fourth-order valence-corrected chi connectivity index (χ4v) is 4.72. The third-order valence-electron chi connectivity index (χ3n) is 6.70. The number of likely N-dealkylation sites (N-methyl/N-ethyl adjacent to an activating group) is 1. The molecule has 2 fully saturated rings. The van der Waals surface area contributed by atoms with Crippen LogP contribution >= 0.6 is 0 Å². The fraction of sp³-hybridized carbons (Fsp3) is 0.625. The van der Waals surface area contributed by atoms with E-state index in [2.05, 4.69) is 32.1 Å². The van der Waals surface area contributed by atoms with Crippen molar-refractivity contribution in [1.29, 1.82) is 0 Å². The molecule has 7 N–H and O–H groups in total. The molecule has 0 aromatic carbocycles. The molecule has 4 rings (SSSR count). The smallest absolute Gasteiger partial charge is 0.308 e. The number of nitrogens with two attached hydrogens (primary N) is 2. The van der Waals surface area contributed by atoms with Crippen LogP contribution in [-0.2, 0) is 19.1 Å². The predicted octanol–water partition coefficient (Wildman–Crippen LogP) is -0.786. The van der Waals surface area contributed by atoms with E-state index in [1.165, 1.54) is 10.9 Å². The topological polar surface area (TPSA) is 201 Å². The highest BCUT2D eigenvalue weighted by Gasteiger charge is 2.47. The maximum atomic E-state index is 12.2. The van der Waals surface area contributed by atoms with Crippen LogP contribution in [0.25, 0.3) is 11.2 Å². The van der Waals surface area contributed by atoms with E-state index >= 15 is 0 Å². The molecular formula is C24H33N7O6. The summed E-state index contributed by atoms with van der Waals surface area (Å²) >= 11 is 0. The molecule has 2 aromatic rings. The summed E-state index contributed by atoms with van der Waals surface area (Å²) in [6, 6.07) is 0. The van der Waals surface area contributed by atoms with Gasteiger partial charge in [0.2, 0.25) is 5.82 Å².